The Bertz CT molecular complexity index is 500. The van der Waals surface area contributed by atoms with E-state index in [4.69, 9.17) is 21.4 Å². The second-order valence-electron chi connectivity index (χ2n) is 3.72. The van der Waals surface area contributed by atoms with E-state index < -0.39 is 11.9 Å². The fraction of sp³-hybridized carbons (Fsp3) is 0.273. The number of carboxylic acid groups (broad SMARTS) is 1. The van der Waals surface area contributed by atoms with Crippen LogP contribution in [0.4, 0.5) is 5.69 Å². The summed E-state index contributed by atoms with van der Waals surface area (Å²) in [6.45, 7) is 0. The molecule has 1 amide bonds. The van der Waals surface area contributed by atoms with Crippen LogP contribution < -0.4 is 10.1 Å². The minimum absolute atomic E-state index is 0.0763. The second kappa shape index (κ2) is 4.25. The van der Waals surface area contributed by atoms with Gasteiger partial charge in [-0.05, 0) is 17.7 Å². The van der Waals surface area contributed by atoms with Gasteiger partial charge in [0.1, 0.15) is 5.75 Å². The maximum absolute atomic E-state index is 11.4. The molecule has 0 saturated carbocycles. The molecule has 17 heavy (non-hydrogen) atoms. The molecule has 1 atom stereocenters. The third-order valence-electron chi connectivity index (χ3n) is 2.66. The zero-order valence-corrected chi connectivity index (χ0v) is 9.75. The topological polar surface area (TPSA) is 75.6 Å². The molecule has 2 rings (SSSR count). The molecule has 1 aromatic rings. The largest absolute Gasteiger partial charge is 0.495 e. The highest BCUT2D eigenvalue weighted by Gasteiger charge is 2.31. The van der Waals surface area contributed by atoms with Crippen LogP contribution in [0.15, 0.2) is 12.1 Å². The molecule has 0 spiro atoms. The first-order valence-corrected chi connectivity index (χ1v) is 5.31. The molecule has 1 aromatic carbocycles. The van der Waals surface area contributed by atoms with Crippen LogP contribution in [0.25, 0.3) is 0 Å². The van der Waals surface area contributed by atoms with E-state index >= 15 is 0 Å². The quantitative estimate of drug-likeness (QED) is 0.846. The first-order valence-electron chi connectivity index (χ1n) is 4.93. The van der Waals surface area contributed by atoms with Crippen molar-refractivity contribution in [3.63, 3.8) is 0 Å². The Hall–Kier alpha value is -1.75. The Morgan fingerprint density at radius 3 is 2.88 bits per heavy atom. The highest BCUT2D eigenvalue weighted by atomic mass is 35.5. The first kappa shape index (κ1) is 11.7. The predicted molar refractivity (Wildman–Crippen MR) is 61.6 cm³/mol. The molecule has 5 nitrogen and oxygen atoms in total. The molecule has 0 unspecified atom stereocenters. The van der Waals surface area contributed by atoms with Gasteiger partial charge in [-0.15, -0.1) is 0 Å². The minimum atomic E-state index is -1.04. The van der Waals surface area contributed by atoms with E-state index in [0.29, 0.717) is 22.0 Å². The fourth-order valence-electron chi connectivity index (χ4n) is 1.84. The summed E-state index contributed by atoms with van der Waals surface area (Å²) < 4.78 is 5.03. The van der Waals surface area contributed by atoms with E-state index in [2.05, 4.69) is 5.32 Å². The third kappa shape index (κ3) is 2.06. The molecule has 0 saturated heterocycles. The summed E-state index contributed by atoms with van der Waals surface area (Å²) in [6.07, 6.45) is -0.0763. The van der Waals surface area contributed by atoms with E-state index in [-0.39, 0.29) is 12.3 Å². The van der Waals surface area contributed by atoms with Gasteiger partial charge in [-0.25, -0.2) is 0 Å². The zero-order chi connectivity index (χ0) is 12.6. The van der Waals surface area contributed by atoms with Gasteiger partial charge in [0.25, 0.3) is 0 Å². The molecular formula is C11H10ClNO4. The van der Waals surface area contributed by atoms with Gasteiger partial charge >= 0.3 is 5.97 Å². The summed E-state index contributed by atoms with van der Waals surface area (Å²) in [6, 6.07) is 3.05. The van der Waals surface area contributed by atoms with E-state index in [1.807, 2.05) is 0 Å². The molecule has 0 bridgehead atoms. The van der Waals surface area contributed by atoms with Crippen LogP contribution in [-0.4, -0.2) is 24.1 Å². The Labute approximate surface area is 102 Å². The van der Waals surface area contributed by atoms with Gasteiger partial charge in [0.05, 0.1) is 18.1 Å². The standard InChI is InChI=1S/C11H10ClNO4/c1-17-9-2-5-6(11(15)16)3-10(14)13-8(5)4-7(9)12/h2,4,6H,3H2,1H3,(H,13,14)(H,15,16)/t6-/m1/s1. The Morgan fingerprint density at radius 1 is 1.59 bits per heavy atom. The normalized spacial score (nSPS) is 18.2. The number of anilines is 1. The van der Waals surface area contributed by atoms with Crippen LogP contribution in [0.5, 0.6) is 5.75 Å². The van der Waals surface area contributed by atoms with Gasteiger partial charge in [-0.3, -0.25) is 9.59 Å². The van der Waals surface area contributed by atoms with E-state index in [0.717, 1.165) is 0 Å². The van der Waals surface area contributed by atoms with Crippen LogP contribution in [0.2, 0.25) is 5.02 Å². The number of halogens is 1. The maximum atomic E-state index is 11.4. The van der Waals surface area contributed by atoms with Crippen molar-refractivity contribution in [3.05, 3.63) is 22.7 Å². The van der Waals surface area contributed by atoms with Crippen LogP contribution >= 0.6 is 11.6 Å². The number of carboxylic acids is 1. The minimum Gasteiger partial charge on any atom is -0.495 e. The van der Waals surface area contributed by atoms with Crippen LogP contribution in [-0.2, 0) is 9.59 Å². The van der Waals surface area contributed by atoms with E-state index in [9.17, 15) is 9.59 Å². The molecule has 0 radical (unpaired) electrons. The summed E-state index contributed by atoms with van der Waals surface area (Å²) in [5, 5.41) is 12.0. The number of carbonyl (C=O) groups is 2. The van der Waals surface area contributed by atoms with Crippen molar-refractivity contribution in [1.29, 1.82) is 0 Å². The smallest absolute Gasteiger partial charge is 0.311 e. The van der Waals surface area contributed by atoms with Gasteiger partial charge in [0.15, 0.2) is 0 Å². The van der Waals surface area contributed by atoms with Crippen LogP contribution in [0.1, 0.15) is 17.9 Å². The molecule has 90 valence electrons. The lowest BCUT2D eigenvalue weighted by atomic mass is 9.90. The first-order chi connectivity index (χ1) is 8.02. The summed E-state index contributed by atoms with van der Waals surface area (Å²) >= 11 is 5.91. The number of hydrogen-bond acceptors (Lipinski definition) is 3. The SMILES string of the molecule is COc1cc2c(cc1Cl)NC(=O)C[C@H]2C(=O)O. The van der Waals surface area contributed by atoms with E-state index in [1.165, 1.54) is 13.2 Å². The van der Waals surface area contributed by atoms with Gasteiger partial charge in [0, 0.05) is 12.1 Å². The van der Waals surface area contributed by atoms with Crippen molar-refractivity contribution in [2.24, 2.45) is 0 Å². The summed E-state index contributed by atoms with van der Waals surface area (Å²) in [5.41, 5.74) is 0.942. The predicted octanol–water partition coefficient (Wildman–Crippen LogP) is 1.86. The van der Waals surface area contributed by atoms with Crippen molar-refractivity contribution < 1.29 is 19.4 Å². The van der Waals surface area contributed by atoms with Gasteiger partial charge in [-0.1, -0.05) is 11.6 Å². The van der Waals surface area contributed by atoms with E-state index in [1.54, 1.807) is 6.07 Å². The van der Waals surface area contributed by atoms with Crippen molar-refractivity contribution in [2.75, 3.05) is 12.4 Å². The highest BCUT2D eigenvalue weighted by Crippen LogP contribution is 2.38. The molecule has 0 aliphatic carbocycles. The average molecular weight is 256 g/mol. The monoisotopic (exact) mass is 255 g/mol. The number of ether oxygens (including phenoxy) is 1. The number of methoxy groups -OCH3 is 1. The van der Waals surface area contributed by atoms with Crippen molar-refractivity contribution in [2.45, 2.75) is 12.3 Å². The number of rotatable bonds is 2. The van der Waals surface area contributed by atoms with Gasteiger partial charge < -0.3 is 15.2 Å². The Morgan fingerprint density at radius 2 is 2.29 bits per heavy atom. The van der Waals surface area contributed by atoms with Crippen molar-refractivity contribution in [3.8, 4) is 5.75 Å². The number of aliphatic carboxylic acids is 1. The molecule has 6 heteroatoms. The lowest BCUT2D eigenvalue weighted by molar-refractivity contribution is -0.140. The summed E-state index contributed by atoms with van der Waals surface area (Å²) in [5.74, 6) is -1.82. The molecule has 1 aliphatic heterocycles. The van der Waals surface area contributed by atoms with Gasteiger partial charge in [-0.2, -0.15) is 0 Å². The average Bonchev–Trinajstić information content (AvgIpc) is 2.26. The number of amides is 1. The third-order valence-corrected chi connectivity index (χ3v) is 2.96. The second-order valence-corrected chi connectivity index (χ2v) is 4.12. The Kier molecular flexibility index (Phi) is 2.93. The number of fused-ring (bicyclic) bond motifs is 1. The zero-order valence-electron chi connectivity index (χ0n) is 8.99. The maximum Gasteiger partial charge on any atom is 0.311 e. The lowest BCUT2D eigenvalue weighted by Crippen LogP contribution is -2.27. The van der Waals surface area contributed by atoms with Crippen LogP contribution in [0, 0.1) is 0 Å². The van der Waals surface area contributed by atoms with Crippen LogP contribution in [0.3, 0.4) is 0 Å². The molecule has 0 fully saturated rings. The molecule has 1 aliphatic rings. The number of benzene rings is 1. The van der Waals surface area contributed by atoms with Crippen molar-refractivity contribution in [1.82, 2.24) is 0 Å². The van der Waals surface area contributed by atoms with Crippen molar-refractivity contribution >= 4 is 29.2 Å². The molecule has 0 aromatic heterocycles. The molecule has 2 N–H and O–H groups in total. The summed E-state index contributed by atoms with van der Waals surface area (Å²) in [7, 11) is 1.45. The lowest BCUT2D eigenvalue weighted by Gasteiger charge is -2.23. The summed E-state index contributed by atoms with van der Waals surface area (Å²) in [4.78, 5) is 22.5. The highest BCUT2D eigenvalue weighted by molar-refractivity contribution is 6.32. The fourth-order valence-corrected chi connectivity index (χ4v) is 2.08. The number of hydrogen-bond donors (Lipinski definition) is 2. The number of carbonyl (C=O) groups excluding carboxylic acids is 1. The number of nitrogens with one attached hydrogen (secondary N) is 1. The molecule has 1 heterocycles. The van der Waals surface area contributed by atoms with Gasteiger partial charge in [0.2, 0.25) is 5.91 Å². The molecular weight excluding hydrogens is 246 g/mol. The Balaban J connectivity index is 2.56.